The molecular weight excluding hydrogens is 268 g/mol. The highest BCUT2D eigenvalue weighted by atomic mass is 19.1. The Labute approximate surface area is 112 Å². The van der Waals surface area contributed by atoms with Crippen LogP contribution in [0.4, 0.5) is 19.4 Å². The molecule has 0 saturated carbocycles. The first-order valence-electron chi connectivity index (χ1n) is 5.55. The van der Waals surface area contributed by atoms with Crippen LogP contribution in [0.1, 0.15) is 10.4 Å². The first kappa shape index (κ1) is 13.6. The maximum atomic E-state index is 13.3. The second kappa shape index (κ2) is 5.87. The van der Waals surface area contributed by atoms with Gasteiger partial charge < -0.3 is 0 Å². The lowest BCUT2D eigenvalue weighted by atomic mass is 10.2. The molecule has 3 amide bonds. The van der Waals surface area contributed by atoms with Gasteiger partial charge in [0.05, 0.1) is 0 Å². The maximum absolute atomic E-state index is 13.3. The van der Waals surface area contributed by atoms with E-state index in [1.54, 1.807) is 12.1 Å². The molecule has 1 aromatic carbocycles. The highest BCUT2D eigenvalue weighted by Crippen LogP contribution is 2.11. The number of anilines is 1. The van der Waals surface area contributed by atoms with Crippen LogP contribution >= 0.6 is 0 Å². The van der Waals surface area contributed by atoms with Crippen LogP contribution in [0.2, 0.25) is 0 Å². The smallest absolute Gasteiger partial charge is 0.292 e. The van der Waals surface area contributed by atoms with Crippen LogP contribution in [0, 0.1) is 11.6 Å². The van der Waals surface area contributed by atoms with E-state index in [2.05, 4.69) is 10.3 Å². The van der Waals surface area contributed by atoms with Crippen molar-refractivity contribution >= 4 is 17.8 Å². The van der Waals surface area contributed by atoms with E-state index in [-0.39, 0.29) is 5.82 Å². The molecule has 1 heterocycles. The predicted molar refractivity (Wildman–Crippen MR) is 67.1 cm³/mol. The number of nitrogens with one attached hydrogen (secondary N) is 2. The fourth-order valence-corrected chi connectivity index (χ4v) is 1.46. The van der Waals surface area contributed by atoms with Gasteiger partial charge >= 0.3 is 6.03 Å². The molecule has 1 aromatic heterocycles. The Kier molecular flexibility index (Phi) is 3.99. The summed E-state index contributed by atoms with van der Waals surface area (Å²) < 4.78 is 26.7. The second-order valence-corrected chi connectivity index (χ2v) is 3.72. The minimum Gasteiger partial charge on any atom is -0.292 e. The quantitative estimate of drug-likeness (QED) is 0.885. The number of amides is 3. The first-order valence-corrected chi connectivity index (χ1v) is 5.55. The Bertz CT molecular complexity index is 627. The van der Waals surface area contributed by atoms with E-state index in [1.807, 2.05) is 5.32 Å². The van der Waals surface area contributed by atoms with E-state index in [9.17, 15) is 18.4 Å². The summed E-state index contributed by atoms with van der Waals surface area (Å²) in [5, 5.41) is 4.07. The molecular formula is C13H9F2N3O2. The molecule has 2 aromatic rings. The third kappa shape index (κ3) is 3.14. The highest BCUT2D eigenvalue weighted by molar-refractivity contribution is 6.07. The summed E-state index contributed by atoms with van der Waals surface area (Å²) in [6.45, 7) is 0. The molecule has 102 valence electrons. The molecule has 20 heavy (non-hydrogen) atoms. The molecule has 0 aliphatic rings. The van der Waals surface area contributed by atoms with Gasteiger partial charge in [-0.15, -0.1) is 0 Å². The van der Waals surface area contributed by atoms with Crippen LogP contribution in [0.5, 0.6) is 0 Å². The van der Waals surface area contributed by atoms with Crippen molar-refractivity contribution in [2.24, 2.45) is 0 Å². The van der Waals surface area contributed by atoms with Gasteiger partial charge in [-0.2, -0.15) is 0 Å². The largest absolute Gasteiger partial charge is 0.327 e. The summed E-state index contributed by atoms with van der Waals surface area (Å²) in [5.74, 6) is -3.07. The van der Waals surface area contributed by atoms with Crippen molar-refractivity contribution < 1.29 is 18.4 Å². The van der Waals surface area contributed by atoms with Crippen molar-refractivity contribution in [2.75, 3.05) is 5.32 Å². The molecule has 0 bridgehead atoms. The molecule has 0 atom stereocenters. The summed E-state index contributed by atoms with van der Waals surface area (Å²) >= 11 is 0. The standard InChI is InChI=1S/C13H9F2N3O2/c14-8-4-3-5-9(15)11(8)12(19)18-13(20)17-10-6-1-2-7-16-10/h1-7H,(H2,16,17,18,19,20). The van der Waals surface area contributed by atoms with Crippen LogP contribution in [-0.2, 0) is 0 Å². The van der Waals surface area contributed by atoms with Crippen molar-refractivity contribution in [3.8, 4) is 0 Å². The molecule has 2 N–H and O–H groups in total. The molecule has 0 aliphatic carbocycles. The lowest BCUT2D eigenvalue weighted by molar-refractivity contribution is 0.0959. The van der Waals surface area contributed by atoms with Gasteiger partial charge in [0.15, 0.2) is 0 Å². The predicted octanol–water partition coefficient (Wildman–Crippen LogP) is 2.32. The maximum Gasteiger partial charge on any atom is 0.327 e. The number of carbonyl (C=O) groups is 2. The molecule has 0 fully saturated rings. The van der Waals surface area contributed by atoms with Gasteiger partial charge in [-0.25, -0.2) is 18.6 Å². The number of benzene rings is 1. The Morgan fingerprint density at radius 2 is 1.70 bits per heavy atom. The molecule has 2 rings (SSSR count). The number of hydrogen-bond donors (Lipinski definition) is 2. The minimum atomic E-state index is -1.17. The summed E-state index contributed by atoms with van der Waals surface area (Å²) in [5.41, 5.74) is -0.816. The van der Waals surface area contributed by atoms with Gasteiger partial charge in [0, 0.05) is 6.20 Å². The number of urea groups is 1. The normalized spacial score (nSPS) is 9.90. The lowest BCUT2D eigenvalue weighted by Gasteiger charge is -2.07. The van der Waals surface area contributed by atoms with E-state index in [0.29, 0.717) is 0 Å². The molecule has 0 aliphatic heterocycles. The van der Waals surface area contributed by atoms with Gasteiger partial charge in [0.25, 0.3) is 5.91 Å². The molecule has 0 radical (unpaired) electrons. The van der Waals surface area contributed by atoms with Gasteiger partial charge in [0.1, 0.15) is 23.0 Å². The first-order chi connectivity index (χ1) is 9.58. The van der Waals surface area contributed by atoms with Gasteiger partial charge in [-0.05, 0) is 24.3 Å². The van der Waals surface area contributed by atoms with Gasteiger partial charge in [0.2, 0.25) is 0 Å². The summed E-state index contributed by atoms with van der Waals surface area (Å²) in [4.78, 5) is 26.9. The molecule has 0 spiro atoms. The fraction of sp³-hybridized carbons (Fsp3) is 0. The number of hydrogen-bond acceptors (Lipinski definition) is 3. The topological polar surface area (TPSA) is 71.1 Å². The number of imide groups is 1. The number of aromatic nitrogens is 1. The monoisotopic (exact) mass is 277 g/mol. The van der Waals surface area contributed by atoms with Crippen molar-refractivity contribution in [1.82, 2.24) is 10.3 Å². The summed E-state index contributed by atoms with van der Waals surface area (Å²) in [7, 11) is 0. The Balaban J connectivity index is 2.07. The Morgan fingerprint density at radius 3 is 2.30 bits per heavy atom. The van der Waals surface area contributed by atoms with Crippen LogP contribution < -0.4 is 10.6 Å². The zero-order valence-electron chi connectivity index (χ0n) is 10.1. The number of nitrogens with zero attached hydrogens (tertiary/aromatic N) is 1. The third-order valence-electron chi connectivity index (χ3n) is 2.32. The van der Waals surface area contributed by atoms with Crippen molar-refractivity contribution in [3.63, 3.8) is 0 Å². The summed E-state index contributed by atoms with van der Waals surface area (Å²) in [6.07, 6.45) is 1.44. The number of carbonyl (C=O) groups excluding carboxylic acids is 2. The molecule has 7 heteroatoms. The van der Waals surface area contributed by atoms with Crippen molar-refractivity contribution in [1.29, 1.82) is 0 Å². The van der Waals surface area contributed by atoms with Gasteiger partial charge in [-0.1, -0.05) is 12.1 Å². The van der Waals surface area contributed by atoms with E-state index >= 15 is 0 Å². The van der Waals surface area contributed by atoms with E-state index in [4.69, 9.17) is 0 Å². The SMILES string of the molecule is O=C(NC(=O)c1c(F)cccc1F)Nc1ccccn1. The average molecular weight is 277 g/mol. The molecule has 0 saturated heterocycles. The van der Waals surface area contributed by atoms with Crippen LogP contribution in [0.3, 0.4) is 0 Å². The second-order valence-electron chi connectivity index (χ2n) is 3.72. The average Bonchev–Trinajstić information content (AvgIpc) is 2.39. The summed E-state index contributed by atoms with van der Waals surface area (Å²) in [6, 6.07) is 6.80. The lowest BCUT2D eigenvalue weighted by Crippen LogP contribution is -2.35. The molecule has 0 unspecified atom stereocenters. The van der Waals surface area contributed by atoms with Crippen molar-refractivity contribution in [2.45, 2.75) is 0 Å². The highest BCUT2D eigenvalue weighted by Gasteiger charge is 2.19. The van der Waals surface area contributed by atoms with Crippen LogP contribution in [0.15, 0.2) is 42.6 Å². The number of halogens is 2. The van der Waals surface area contributed by atoms with Crippen molar-refractivity contribution in [3.05, 3.63) is 59.8 Å². The Hall–Kier alpha value is -2.83. The van der Waals surface area contributed by atoms with E-state index < -0.39 is 29.1 Å². The fourth-order valence-electron chi connectivity index (χ4n) is 1.46. The zero-order valence-corrected chi connectivity index (χ0v) is 10.1. The number of pyridine rings is 1. The van der Waals surface area contributed by atoms with Gasteiger partial charge in [-0.3, -0.25) is 15.4 Å². The zero-order chi connectivity index (χ0) is 14.5. The third-order valence-corrected chi connectivity index (χ3v) is 2.32. The molecule has 5 nitrogen and oxygen atoms in total. The van der Waals surface area contributed by atoms with E-state index in [1.165, 1.54) is 12.3 Å². The minimum absolute atomic E-state index is 0.201. The van der Waals surface area contributed by atoms with Crippen LogP contribution in [-0.4, -0.2) is 16.9 Å². The van der Waals surface area contributed by atoms with Crippen LogP contribution in [0.25, 0.3) is 0 Å². The number of rotatable bonds is 2. The Morgan fingerprint density at radius 1 is 1.00 bits per heavy atom. The van der Waals surface area contributed by atoms with E-state index in [0.717, 1.165) is 18.2 Å².